The number of nitrogens with one attached hydrogen (secondary N) is 1. The zero-order valence-electron chi connectivity index (χ0n) is 11.1. The number of thiazole rings is 1. The predicted octanol–water partition coefficient (Wildman–Crippen LogP) is 4.48. The van der Waals surface area contributed by atoms with Gasteiger partial charge in [0.2, 0.25) is 0 Å². The first-order valence-electron chi connectivity index (χ1n) is 6.57. The number of hydrogen-bond donors (Lipinski definition) is 1. The lowest BCUT2D eigenvalue weighted by Crippen LogP contribution is -2.17. The molecular weight excluding hydrogens is 271 g/mol. The molecule has 102 valence electrons. The molecule has 3 rings (SSSR count). The van der Waals surface area contributed by atoms with Crippen molar-refractivity contribution >= 4 is 26.7 Å². The molecule has 1 aromatic heterocycles. The number of rotatable bonds is 4. The first kappa shape index (κ1) is 13.1. The minimum atomic E-state index is -0.194. The minimum Gasteiger partial charge on any atom is -0.359 e. The normalized spacial score (nSPS) is 12.5. The van der Waals surface area contributed by atoms with Crippen LogP contribution in [-0.2, 0) is 6.42 Å². The molecule has 0 saturated carbocycles. The van der Waals surface area contributed by atoms with E-state index in [1.54, 1.807) is 11.3 Å². The fraction of sp³-hybridized carbons (Fsp3) is 0.188. The first-order valence-corrected chi connectivity index (χ1v) is 7.39. The summed E-state index contributed by atoms with van der Waals surface area (Å²) in [6, 6.07) is 15.0. The van der Waals surface area contributed by atoms with Gasteiger partial charge in [-0.05, 0) is 43.2 Å². The molecule has 1 N–H and O–H groups in total. The molecule has 0 aliphatic heterocycles. The third kappa shape index (κ3) is 2.96. The van der Waals surface area contributed by atoms with E-state index in [0.29, 0.717) is 0 Å². The number of anilines is 1. The van der Waals surface area contributed by atoms with Gasteiger partial charge in [-0.1, -0.05) is 35.6 Å². The molecule has 0 aliphatic carbocycles. The van der Waals surface area contributed by atoms with E-state index < -0.39 is 0 Å². The van der Waals surface area contributed by atoms with Crippen LogP contribution in [-0.4, -0.2) is 11.0 Å². The van der Waals surface area contributed by atoms with Crippen molar-refractivity contribution in [3.8, 4) is 0 Å². The second-order valence-electron chi connectivity index (χ2n) is 4.86. The summed E-state index contributed by atoms with van der Waals surface area (Å²) in [4.78, 5) is 4.56. The summed E-state index contributed by atoms with van der Waals surface area (Å²) in [7, 11) is 0. The minimum absolute atomic E-state index is 0.194. The van der Waals surface area contributed by atoms with Crippen LogP contribution in [0.15, 0.2) is 48.5 Å². The lowest BCUT2D eigenvalue weighted by atomic mass is 10.1. The topological polar surface area (TPSA) is 24.9 Å². The van der Waals surface area contributed by atoms with Gasteiger partial charge in [-0.2, -0.15) is 0 Å². The molecule has 20 heavy (non-hydrogen) atoms. The second kappa shape index (κ2) is 5.59. The van der Waals surface area contributed by atoms with E-state index in [4.69, 9.17) is 0 Å². The second-order valence-corrected chi connectivity index (χ2v) is 5.89. The van der Waals surface area contributed by atoms with Crippen LogP contribution in [0, 0.1) is 5.82 Å². The quantitative estimate of drug-likeness (QED) is 0.765. The van der Waals surface area contributed by atoms with Gasteiger partial charge in [0, 0.05) is 6.04 Å². The van der Waals surface area contributed by atoms with Crippen LogP contribution in [0.4, 0.5) is 9.52 Å². The molecule has 0 bridgehead atoms. The molecule has 3 aromatic rings. The van der Waals surface area contributed by atoms with E-state index in [2.05, 4.69) is 23.3 Å². The molecule has 1 atom stereocenters. The monoisotopic (exact) mass is 286 g/mol. The Labute approximate surface area is 121 Å². The summed E-state index contributed by atoms with van der Waals surface area (Å²) < 4.78 is 14.0. The Kier molecular flexibility index (Phi) is 3.65. The zero-order chi connectivity index (χ0) is 13.9. The van der Waals surface area contributed by atoms with Gasteiger partial charge in [0.1, 0.15) is 5.82 Å². The van der Waals surface area contributed by atoms with Crippen LogP contribution in [0.25, 0.3) is 10.2 Å². The number of hydrogen-bond acceptors (Lipinski definition) is 3. The van der Waals surface area contributed by atoms with Crippen molar-refractivity contribution in [1.29, 1.82) is 0 Å². The molecule has 0 fully saturated rings. The van der Waals surface area contributed by atoms with Crippen LogP contribution in [0.5, 0.6) is 0 Å². The van der Waals surface area contributed by atoms with Gasteiger partial charge >= 0.3 is 0 Å². The van der Waals surface area contributed by atoms with Crippen LogP contribution in [0.2, 0.25) is 0 Å². The van der Waals surface area contributed by atoms with Crippen molar-refractivity contribution in [2.45, 2.75) is 19.4 Å². The largest absolute Gasteiger partial charge is 0.359 e. The third-order valence-electron chi connectivity index (χ3n) is 3.12. The Bertz CT molecular complexity index is 673. The highest BCUT2D eigenvalue weighted by atomic mass is 32.1. The number of aromatic nitrogens is 1. The lowest BCUT2D eigenvalue weighted by Gasteiger charge is -2.12. The average Bonchev–Trinajstić information content (AvgIpc) is 2.83. The van der Waals surface area contributed by atoms with E-state index in [9.17, 15) is 4.39 Å². The molecule has 4 heteroatoms. The summed E-state index contributed by atoms with van der Waals surface area (Å²) in [6.07, 6.45) is 0.843. The van der Waals surface area contributed by atoms with E-state index in [-0.39, 0.29) is 11.9 Å². The molecular formula is C16H15FN2S. The molecule has 0 radical (unpaired) electrons. The predicted molar refractivity (Wildman–Crippen MR) is 82.8 cm³/mol. The van der Waals surface area contributed by atoms with Gasteiger partial charge in [0.25, 0.3) is 0 Å². The van der Waals surface area contributed by atoms with Gasteiger partial charge in [-0.15, -0.1) is 0 Å². The van der Waals surface area contributed by atoms with Crippen molar-refractivity contribution in [1.82, 2.24) is 4.98 Å². The highest BCUT2D eigenvalue weighted by molar-refractivity contribution is 7.22. The standard InChI is InChI=1S/C16H15FN2S/c1-11(10-12-6-8-13(17)9-7-12)18-16-19-14-4-2-3-5-15(14)20-16/h2-9,11H,10H2,1H3,(H,18,19). The number of fused-ring (bicyclic) bond motifs is 1. The number of nitrogens with zero attached hydrogens (tertiary/aromatic N) is 1. The van der Waals surface area contributed by atoms with Crippen LogP contribution < -0.4 is 5.32 Å². The Morgan fingerprint density at radius 2 is 1.90 bits per heavy atom. The Morgan fingerprint density at radius 3 is 2.65 bits per heavy atom. The van der Waals surface area contributed by atoms with Crippen molar-refractivity contribution in [3.05, 3.63) is 59.9 Å². The van der Waals surface area contributed by atoms with Crippen molar-refractivity contribution in [2.75, 3.05) is 5.32 Å². The zero-order valence-corrected chi connectivity index (χ0v) is 12.0. The van der Waals surface area contributed by atoms with E-state index in [0.717, 1.165) is 22.6 Å². The third-order valence-corrected chi connectivity index (χ3v) is 4.09. The van der Waals surface area contributed by atoms with Crippen LogP contribution in [0.1, 0.15) is 12.5 Å². The summed E-state index contributed by atoms with van der Waals surface area (Å²) in [6.45, 7) is 2.11. The van der Waals surface area contributed by atoms with Gasteiger partial charge in [-0.25, -0.2) is 9.37 Å². The number of halogens is 1. The Hall–Kier alpha value is -1.94. The van der Waals surface area contributed by atoms with Crippen molar-refractivity contribution in [3.63, 3.8) is 0 Å². The highest BCUT2D eigenvalue weighted by Gasteiger charge is 2.08. The maximum absolute atomic E-state index is 12.9. The maximum atomic E-state index is 12.9. The molecule has 1 heterocycles. The molecule has 2 nitrogen and oxygen atoms in total. The van der Waals surface area contributed by atoms with Gasteiger partial charge in [-0.3, -0.25) is 0 Å². The van der Waals surface area contributed by atoms with E-state index in [1.807, 2.05) is 30.3 Å². The smallest absolute Gasteiger partial charge is 0.184 e. The average molecular weight is 286 g/mol. The summed E-state index contributed by atoms with van der Waals surface area (Å²) in [5, 5.41) is 4.34. The Morgan fingerprint density at radius 1 is 1.15 bits per heavy atom. The molecule has 0 amide bonds. The molecule has 0 saturated heterocycles. The fourth-order valence-corrected chi connectivity index (χ4v) is 3.15. The molecule has 2 aromatic carbocycles. The summed E-state index contributed by atoms with van der Waals surface area (Å²) in [5.41, 5.74) is 2.14. The molecule has 0 aliphatic rings. The van der Waals surface area contributed by atoms with Gasteiger partial charge < -0.3 is 5.32 Å². The lowest BCUT2D eigenvalue weighted by molar-refractivity contribution is 0.626. The number of benzene rings is 2. The maximum Gasteiger partial charge on any atom is 0.184 e. The Balaban J connectivity index is 1.69. The van der Waals surface area contributed by atoms with Gasteiger partial charge in [0.05, 0.1) is 10.2 Å². The fourth-order valence-electron chi connectivity index (χ4n) is 2.17. The highest BCUT2D eigenvalue weighted by Crippen LogP contribution is 2.26. The number of para-hydroxylation sites is 1. The van der Waals surface area contributed by atoms with Crippen LogP contribution in [0.3, 0.4) is 0 Å². The van der Waals surface area contributed by atoms with Crippen molar-refractivity contribution < 1.29 is 4.39 Å². The molecule has 1 unspecified atom stereocenters. The van der Waals surface area contributed by atoms with Crippen molar-refractivity contribution in [2.24, 2.45) is 0 Å². The van der Waals surface area contributed by atoms with Gasteiger partial charge in [0.15, 0.2) is 5.13 Å². The SMILES string of the molecule is CC(Cc1ccc(F)cc1)Nc1nc2ccccc2s1. The van der Waals surface area contributed by atoms with E-state index >= 15 is 0 Å². The molecule has 0 spiro atoms. The van der Waals surface area contributed by atoms with Crippen LogP contribution >= 0.6 is 11.3 Å². The summed E-state index contributed by atoms with van der Waals surface area (Å²) in [5.74, 6) is -0.194. The van der Waals surface area contributed by atoms with E-state index in [1.165, 1.54) is 16.8 Å². The first-order chi connectivity index (χ1) is 9.70. The summed E-state index contributed by atoms with van der Waals surface area (Å²) >= 11 is 1.66.